The lowest BCUT2D eigenvalue weighted by Gasteiger charge is -2.28. The monoisotopic (exact) mass is 345 g/mol. The average Bonchev–Trinajstić information content (AvgIpc) is 2.47. The quantitative estimate of drug-likeness (QED) is 0.861. The molecule has 1 aliphatic rings. The average molecular weight is 346 g/mol. The van der Waals surface area contributed by atoms with Crippen molar-refractivity contribution in [2.45, 2.75) is 6.42 Å². The van der Waals surface area contributed by atoms with Crippen molar-refractivity contribution in [1.29, 1.82) is 0 Å². The summed E-state index contributed by atoms with van der Waals surface area (Å²) in [5.41, 5.74) is 1.37. The number of hydrogen-bond acceptors (Lipinski definition) is 3. The van der Waals surface area contributed by atoms with Crippen molar-refractivity contribution in [3.05, 3.63) is 58.1 Å². The van der Waals surface area contributed by atoms with Gasteiger partial charge in [-0.25, -0.2) is 0 Å². The molecule has 0 saturated heterocycles. The van der Waals surface area contributed by atoms with Crippen LogP contribution in [0.15, 0.2) is 46.9 Å². The Bertz CT molecular complexity index is 742. The van der Waals surface area contributed by atoms with E-state index in [1.54, 1.807) is 41.3 Å². The third kappa shape index (κ3) is 2.45. The zero-order chi connectivity index (χ0) is 15.0. The zero-order valence-electron chi connectivity index (χ0n) is 11.0. The van der Waals surface area contributed by atoms with E-state index < -0.39 is 0 Å². The number of hydrogen-bond donors (Lipinski definition) is 1. The standard InChI is InChI=1S/C16H12BrNO3/c17-10-5-6-12(15(20)9-10)16(21)18-8-7-14(19)11-3-1-2-4-13(11)18/h1-6,9,20H,7-8H2. The van der Waals surface area contributed by atoms with Gasteiger partial charge in [0.1, 0.15) is 5.75 Å². The molecule has 2 aromatic carbocycles. The number of rotatable bonds is 1. The van der Waals surface area contributed by atoms with Gasteiger partial charge in [-0.15, -0.1) is 0 Å². The molecule has 2 aromatic rings. The molecule has 0 fully saturated rings. The predicted octanol–water partition coefficient (Wildman–Crippen LogP) is 3.39. The van der Waals surface area contributed by atoms with E-state index in [2.05, 4.69) is 15.9 Å². The van der Waals surface area contributed by atoms with Crippen LogP contribution in [-0.2, 0) is 0 Å². The molecule has 1 heterocycles. The number of carbonyl (C=O) groups excluding carboxylic acids is 2. The van der Waals surface area contributed by atoms with Crippen LogP contribution in [0.5, 0.6) is 5.75 Å². The molecule has 3 rings (SSSR count). The van der Waals surface area contributed by atoms with Gasteiger partial charge in [-0.3, -0.25) is 9.59 Å². The number of aromatic hydroxyl groups is 1. The molecule has 0 saturated carbocycles. The molecule has 1 amide bonds. The van der Waals surface area contributed by atoms with Crippen LogP contribution in [0, 0.1) is 0 Å². The Morgan fingerprint density at radius 3 is 2.71 bits per heavy atom. The van der Waals surface area contributed by atoms with E-state index in [0.29, 0.717) is 28.7 Å². The SMILES string of the molecule is O=C1CCN(C(=O)c2ccc(Br)cc2O)c2ccccc21. The Morgan fingerprint density at radius 2 is 1.95 bits per heavy atom. The van der Waals surface area contributed by atoms with Crippen LogP contribution in [0.3, 0.4) is 0 Å². The van der Waals surface area contributed by atoms with Crippen molar-refractivity contribution in [3.63, 3.8) is 0 Å². The normalized spacial score (nSPS) is 14.0. The van der Waals surface area contributed by atoms with Gasteiger partial charge in [0.05, 0.1) is 11.3 Å². The first kappa shape index (κ1) is 13.8. The van der Waals surface area contributed by atoms with Crippen molar-refractivity contribution >= 4 is 33.3 Å². The molecule has 0 atom stereocenters. The van der Waals surface area contributed by atoms with Gasteiger partial charge in [-0.1, -0.05) is 28.1 Å². The Kier molecular flexibility index (Phi) is 3.51. The largest absolute Gasteiger partial charge is 0.507 e. The van der Waals surface area contributed by atoms with Crippen molar-refractivity contribution in [2.24, 2.45) is 0 Å². The first-order chi connectivity index (χ1) is 10.1. The van der Waals surface area contributed by atoms with E-state index in [1.807, 2.05) is 0 Å². The summed E-state index contributed by atoms with van der Waals surface area (Å²) in [5, 5.41) is 9.95. The number of halogens is 1. The predicted molar refractivity (Wildman–Crippen MR) is 82.9 cm³/mol. The first-order valence-corrected chi connectivity index (χ1v) is 7.30. The Hall–Kier alpha value is -2.14. The van der Waals surface area contributed by atoms with E-state index in [4.69, 9.17) is 0 Å². The molecule has 4 nitrogen and oxygen atoms in total. The highest BCUT2D eigenvalue weighted by atomic mass is 79.9. The molecular formula is C16H12BrNO3. The maximum atomic E-state index is 12.6. The molecule has 21 heavy (non-hydrogen) atoms. The van der Waals surface area contributed by atoms with Gasteiger partial charge in [0, 0.05) is 23.0 Å². The number of phenols is 1. The molecule has 106 valence electrons. The van der Waals surface area contributed by atoms with Crippen LogP contribution in [-0.4, -0.2) is 23.3 Å². The number of phenolic OH excluding ortho intramolecular Hbond substituents is 1. The number of para-hydroxylation sites is 1. The number of anilines is 1. The Morgan fingerprint density at radius 1 is 1.19 bits per heavy atom. The molecule has 0 bridgehead atoms. The minimum absolute atomic E-state index is 0.0367. The van der Waals surface area contributed by atoms with Crippen LogP contribution >= 0.6 is 15.9 Å². The zero-order valence-corrected chi connectivity index (χ0v) is 12.6. The highest BCUT2D eigenvalue weighted by Crippen LogP contribution is 2.30. The summed E-state index contributed by atoms with van der Waals surface area (Å²) < 4.78 is 0.700. The smallest absolute Gasteiger partial charge is 0.262 e. The second-order valence-corrected chi connectivity index (χ2v) is 5.72. The fourth-order valence-corrected chi connectivity index (χ4v) is 2.80. The van der Waals surface area contributed by atoms with Gasteiger partial charge >= 0.3 is 0 Å². The summed E-state index contributed by atoms with van der Waals surface area (Å²) in [5.74, 6) is -0.349. The van der Waals surface area contributed by atoms with Gasteiger partial charge in [0.25, 0.3) is 5.91 Å². The number of Topliss-reactive ketones (excluding diaryl/α,β-unsaturated/α-hetero) is 1. The van der Waals surface area contributed by atoms with Gasteiger partial charge < -0.3 is 10.0 Å². The molecule has 1 aliphatic heterocycles. The van der Waals surface area contributed by atoms with Crippen molar-refractivity contribution in [3.8, 4) is 5.75 Å². The van der Waals surface area contributed by atoms with Gasteiger partial charge in [0.2, 0.25) is 0 Å². The number of amides is 1. The van der Waals surface area contributed by atoms with E-state index in [0.717, 1.165) is 0 Å². The van der Waals surface area contributed by atoms with E-state index in [9.17, 15) is 14.7 Å². The third-order valence-corrected chi connectivity index (χ3v) is 3.99. The maximum absolute atomic E-state index is 12.6. The summed E-state index contributed by atoms with van der Waals surface area (Å²) in [6.45, 7) is 0.324. The van der Waals surface area contributed by atoms with Crippen molar-refractivity contribution in [2.75, 3.05) is 11.4 Å². The lowest BCUT2D eigenvalue weighted by atomic mass is 9.99. The number of carbonyl (C=O) groups is 2. The van der Waals surface area contributed by atoms with Gasteiger partial charge in [-0.05, 0) is 30.3 Å². The molecular weight excluding hydrogens is 334 g/mol. The fraction of sp³-hybridized carbons (Fsp3) is 0.125. The Balaban J connectivity index is 2.03. The summed E-state index contributed by atoms with van der Waals surface area (Å²) in [7, 11) is 0. The lowest BCUT2D eigenvalue weighted by molar-refractivity contribution is 0.0954. The molecule has 0 aromatic heterocycles. The topological polar surface area (TPSA) is 57.6 Å². The lowest BCUT2D eigenvalue weighted by Crippen LogP contribution is -2.37. The summed E-state index contributed by atoms with van der Waals surface area (Å²) in [6.07, 6.45) is 0.292. The highest BCUT2D eigenvalue weighted by Gasteiger charge is 2.28. The molecule has 0 radical (unpaired) electrons. The molecule has 0 spiro atoms. The van der Waals surface area contributed by atoms with Gasteiger partial charge in [0.15, 0.2) is 5.78 Å². The first-order valence-electron chi connectivity index (χ1n) is 6.50. The molecule has 1 N–H and O–H groups in total. The minimum atomic E-state index is -0.306. The number of ketones is 1. The fourth-order valence-electron chi connectivity index (χ4n) is 2.46. The summed E-state index contributed by atoms with van der Waals surface area (Å²) in [6, 6.07) is 11.8. The molecule has 5 heteroatoms. The second kappa shape index (κ2) is 5.33. The number of nitrogens with zero attached hydrogens (tertiary/aromatic N) is 1. The van der Waals surface area contributed by atoms with E-state index >= 15 is 0 Å². The molecule has 0 unspecified atom stereocenters. The molecule has 0 aliphatic carbocycles. The number of fused-ring (bicyclic) bond motifs is 1. The van der Waals surface area contributed by atoms with Crippen molar-refractivity contribution in [1.82, 2.24) is 0 Å². The summed E-state index contributed by atoms with van der Waals surface area (Å²) in [4.78, 5) is 26.1. The van der Waals surface area contributed by atoms with Crippen LogP contribution in [0.2, 0.25) is 0 Å². The highest BCUT2D eigenvalue weighted by molar-refractivity contribution is 9.10. The van der Waals surface area contributed by atoms with E-state index in [-0.39, 0.29) is 23.0 Å². The van der Waals surface area contributed by atoms with Crippen LogP contribution < -0.4 is 4.90 Å². The second-order valence-electron chi connectivity index (χ2n) is 4.81. The van der Waals surface area contributed by atoms with Gasteiger partial charge in [-0.2, -0.15) is 0 Å². The minimum Gasteiger partial charge on any atom is -0.507 e. The van der Waals surface area contributed by atoms with Crippen LogP contribution in [0.4, 0.5) is 5.69 Å². The van der Waals surface area contributed by atoms with E-state index in [1.165, 1.54) is 6.07 Å². The maximum Gasteiger partial charge on any atom is 0.262 e. The van der Waals surface area contributed by atoms with Crippen LogP contribution in [0.1, 0.15) is 27.1 Å². The summed E-state index contributed by atoms with van der Waals surface area (Å²) >= 11 is 3.25. The Labute approximate surface area is 130 Å². The van der Waals surface area contributed by atoms with Crippen LogP contribution in [0.25, 0.3) is 0 Å². The number of benzene rings is 2. The van der Waals surface area contributed by atoms with Crippen molar-refractivity contribution < 1.29 is 14.7 Å². The third-order valence-electron chi connectivity index (χ3n) is 3.49.